The third-order valence-electron chi connectivity index (χ3n) is 4.49. The van der Waals surface area contributed by atoms with Crippen molar-refractivity contribution in [1.29, 1.82) is 0 Å². The van der Waals surface area contributed by atoms with Crippen LogP contribution in [0.5, 0.6) is 0 Å². The predicted octanol–water partition coefficient (Wildman–Crippen LogP) is 2.86. The van der Waals surface area contributed by atoms with E-state index in [9.17, 15) is 19.2 Å². The van der Waals surface area contributed by atoms with E-state index >= 15 is 0 Å². The maximum absolute atomic E-state index is 12.6. The van der Waals surface area contributed by atoms with Crippen LogP contribution in [0.3, 0.4) is 0 Å². The van der Waals surface area contributed by atoms with Crippen LogP contribution in [-0.2, 0) is 0 Å². The molecule has 2 heterocycles. The number of hydrogen-bond acceptors (Lipinski definition) is 5. The number of carbonyl (C=O) groups excluding carboxylic acids is 3. The van der Waals surface area contributed by atoms with E-state index in [4.69, 9.17) is 28.9 Å². The molecule has 0 spiro atoms. The first-order chi connectivity index (χ1) is 14.3. The lowest BCUT2D eigenvalue weighted by Gasteiger charge is -2.13. The van der Waals surface area contributed by atoms with E-state index in [1.54, 1.807) is 18.2 Å². The van der Waals surface area contributed by atoms with E-state index in [2.05, 4.69) is 10.6 Å². The molecule has 2 aromatic carbocycles. The van der Waals surface area contributed by atoms with E-state index in [0.717, 1.165) is 10.6 Å². The van der Waals surface area contributed by atoms with Gasteiger partial charge in [0.1, 0.15) is 5.82 Å². The number of anilines is 2. The highest BCUT2D eigenvalue weighted by atomic mass is 35.5. The van der Waals surface area contributed by atoms with Gasteiger partial charge in [-0.1, -0.05) is 29.3 Å². The topological polar surface area (TPSA) is 123 Å². The molecule has 8 nitrogen and oxygen atoms in total. The van der Waals surface area contributed by atoms with Crippen LogP contribution in [0.2, 0.25) is 10.0 Å². The number of nitrogens with one attached hydrogen (secondary N) is 2. The van der Waals surface area contributed by atoms with Crippen molar-refractivity contribution < 1.29 is 14.4 Å². The minimum absolute atomic E-state index is 0.0676. The van der Waals surface area contributed by atoms with E-state index in [-0.39, 0.29) is 27.5 Å². The maximum Gasteiger partial charge on any atom is 0.262 e. The summed E-state index contributed by atoms with van der Waals surface area (Å²) in [6.07, 6.45) is 0. The molecule has 3 aromatic rings. The molecule has 0 bridgehead atoms. The number of amides is 3. The number of aromatic nitrogens is 1. The van der Waals surface area contributed by atoms with Gasteiger partial charge >= 0.3 is 0 Å². The average molecular weight is 443 g/mol. The molecule has 4 rings (SSSR count). The van der Waals surface area contributed by atoms with Crippen LogP contribution in [0.15, 0.2) is 53.3 Å². The molecule has 150 valence electrons. The Morgan fingerprint density at radius 1 is 1.00 bits per heavy atom. The smallest absolute Gasteiger partial charge is 0.262 e. The lowest BCUT2D eigenvalue weighted by atomic mass is 10.1. The summed E-state index contributed by atoms with van der Waals surface area (Å²) in [4.78, 5) is 48.9. The van der Waals surface area contributed by atoms with Crippen molar-refractivity contribution in [2.45, 2.75) is 0 Å². The van der Waals surface area contributed by atoms with Crippen molar-refractivity contribution in [3.05, 3.63) is 85.6 Å². The summed E-state index contributed by atoms with van der Waals surface area (Å²) in [5, 5.41) is 5.37. The number of benzene rings is 2. The van der Waals surface area contributed by atoms with E-state index in [1.807, 2.05) is 0 Å². The van der Waals surface area contributed by atoms with Gasteiger partial charge in [-0.05, 0) is 36.4 Å². The van der Waals surface area contributed by atoms with Crippen molar-refractivity contribution in [2.75, 3.05) is 11.1 Å². The molecule has 1 aliphatic rings. The lowest BCUT2D eigenvalue weighted by Crippen LogP contribution is -2.24. The maximum atomic E-state index is 12.6. The zero-order valence-electron chi connectivity index (χ0n) is 15.0. The molecule has 4 N–H and O–H groups in total. The van der Waals surface area contributed by atoms with Gasteiger partial charge in [-0.15, -0.1) is 0 Å². The molecule has 1 aliphatic heterocycles. The van der Waals surface area contributed by atoms with Crippen LogP contribution < -0.4 is 21.9 Å². The molecule has 0 fully saturated rings. The van der Waals surface area contributed by atoms with Crippen LogP contribution in [0.25, 0.3) is 5.69 Å². The van der Waals surface area contributed by atoms with Crippen molar-refractivity contribution in [3.63, 3.8) is 0 Å². The fraction of sp³-hybridized carbons (Fsp3) is 0. The number of nitrogen functional groups attached to an aromatic ring is 1. The zero-order valence-corrected chi connectivity index (χ0v) is 16.5. The molecule has 30 heavy (non-hydrogen) atoms. The number of hydrogen-bond donors (Lipinski definition) is 3. The molecular formula is C20H12Cl2N4O4. The number of rotatable bonds is 3. The number of fused-ring (bicyclic) bond motifs is 1. The summed E-state index contributed by atoms with van der Waals surface area (Å²) in [7, 11) is 0. The first-order valence-corrected chi connectivity index (χ1v) is 9.30. The molecular weight excluding hydrogens is 431 g/mol. The highest BCUT2D eigenvalue weighted by molar-refractivity contribution is 6.37. The van der Waals surface area contributed by atoms with Crippen LogP contribution in [0, 0.1) is 0 Å². The van der Waals surface area contributed by atoms with Gasteiger partial charge in [0.05, 0.1) is 27.4 Å². The van der Waals surface area contributed by atoms with Crippen molar-refractivity contribution in [2.24, 2.45) is 0 Å². The molecule has 0 radical (unpaired) electrons. The fourth-order valence-corrected chi connectivity index (χ4v) is 3.63. The number of halogens is 2. The average Bonchev–Trinajstić information content (AvgIpc) is 2.95. The minimum Gasteiger partial charge on any atom is -0.384 e. The third-order valence-corrected chi connectivity index (χ3v) is 5.04. The summed E-state index contributed by atoms with van der Waals surface area (Å²) in [6.45, 7) is 0. The molecule has 0 atom stereocenters. The first-order valence-electron chi connectivity index (χ1n) is 8.54. The van der Waals surface area contributed by atoms with Gasteiger partial charge in [0.15, 0.2) is 0 Å². The summed E-state index contributed by atoms with van der Waals surface area (Å²) in [5.74, 6) is -2.01. The van der Waals surface area contributed by atoms with Gasteiger partial charge < -0.3 is 11.1 Å². The van der Waals surface area contributed by atoms with Gasteiger partial charge in [-0.25, -0.2) is 0 Å². The van der Waals surface area contributed by atoms with Crippen LogP contribution in [-0.4, -0.2) is 22.3 Å². The normalized spacial score (nSPS) is 12.5. The first kappa shape index (κ1) is 19.7. The van der Waals surface area contributed by atoms with Crippen LogP contribution in [0.1, 0.15) is 31.1 Å². The molecule has 10 heteroatoms. The molecule has 3 amide bonds. The molecule has 1 aromatic heterocycles. The Morgan fingerprint density at radius 3 is 2.50 bits per heavy atom. The van der Waals surface area contributed by atoms with Crippen molar-refractivity contribution >= 4 is 52.4 Å². The van der Waals surface area contributed by atoms with Gasteiger partial charge in [0.2, 0.25) is 0 Å². The second-order valence-electron chi connectivity index (χ2n) is 6.40. The molecule has 0 unspecified atom stereocenters. The Kier molecular flexibility index (Phi) is 4.81. The number of pyridine rings is 1. The summed E-state index contributed by atoms with van der Waals surface area (Å²) in [6, 6.07) is 11.8. The number of nitrogens with zero attached hydrogens (tertiary/aromatic N) is 1. The van der Waals surface area contributed by atoms with E-state index in [0.29, 0.717) is 16.4 Å². The second-order valence-corrected chi connectivity index (χ2v) is 7.25. The van der Waals surface area contributed by atoms with Crippen LogP contribution >= 0.6 is 23.2 Å². The summed E-state index contributed by atoms with van der Waals surface area (Å²) in [5.41, 5.74) is 6.17. The quantitative estimate of drug-likeness (QED) is 0.538. The second kappa shape index (κ2) is 7.33. The molecule has 0 saturated heterocycles. The summed E-state index contributed by atoms with van der Waals surface area (Å²) < 4.78 is 1.09. The summed E-state index contributed by atoms with van der Waals surface area (Å²) >= 11 is 11.9. The van der Waals surface area contributed by atoms with Crippen molar-refractivity contribution in [1.82, 2.24) is 9.88 Å². The highest BCUT2D eigenvalue weighted by Gasteiger charge is 2.31. The zero-order chi connectivity index (χ0) is 21.6. The fourth-order valence-electron chi connectivity index (χ4n) is 3.14. The monoisotopic (exact) mass is 442 g/mol. The Hall–Kier alpha value is -3.62. The largest absolute Gasteiger partial charge is 0.384 e. The Morgan fingerprint density at radius 2 is 1.77 bits per heavy atom. The predicted molar refractivity (Wildman–Crippen MR) is 113 cm³/mol. The van der Waals surface area contributed by atoms with E-state index < -0.39 is 23.3 Å². The number of nitrogens with two attached hydrogens (primary N) is 1. The Labute approximate surface area is 179 Å². The lowest BCUT2D eigenvalue weighted by molar-refractivity contribution is 0.0879. The van der Waals surface area contributed by atoms with Gasteiger partial charge in [-0.2, -0.15) is 0 Å². The highest BCUT2D eigenvalue weighted by Crippen LogP contribution is 2.25. The van der Waals surface area contributed by atoms with E-state index in [1.165, 1.54) is 24.3 Å². The molecule has 0 aliphatic carbocycles. The van der Waals surface area contributed by atoms with Gasteiger partial charge in [0, 0.05) is 16.8 Å². The van der Waals surface area contributed by atoms with Crippen molar-refractivity contribution in [3.8, 4) is 5.69 Å². The van der Waals surface area contributed by atoms with Crippen LogP contribution in [0.4, 0.5) is 11.5 Å². The Bertz CT molecular complexity index is 1320. The van der Waals surface area contributed by atoms with Gasteiger partial charge in [-0.3, -0.25) is 29.1 Å². The number of carbonyl (C=O) groups is 3. The minimum atomic E-state index is -0.678. The standard InChI is InChI=1S/C20H12Cl2N4O4/c21-9-4-5-12(14(22)6-9)18(28)24-10-2-1-3-11(7-10)26-15(27)8-13-16(17(26)23)20(30)25-19(13)29/h1-8H,23H2,(H,24,28)(H,25,29,30). The Balaban J connectivity index is 1.72. The molecule has 0 saturated carbocycles. The third kappa shape index (κ3) is 3.32. The van der Waals surface area contributed by atoms with Gasteiger partial charge in [0.25, 0.3) is 23.3 Å². The number of imide groups is 1. The SMILES string of the molecule is Nc1c2c(cc(=O)n1-c1cccc(NC(=O)c3ccc(Cl)cc3Cl)c1)C(=O)NC2=O.